The van der Waals surface area contributed by atoms with E-state index < -0.39 is 5.60 Å². The highest BCUT2D eigenvalue weighted by Crippen LogP contribution is 2.35. The summed E-state index contributed by atoms with van der Waals surface area (Å²) in [5.41, 5.74) is 1.25. The second-order valence-corrected chi connectivity index (χ2v) is 8.51. The van der Waals surface area contributed by atoms with Crippen LogP contribution in [0.3, 0.4) is 0 Å². The van der Waals surface area contributed by atoms with Gasteiger partial charge in [0.2, 0.25) is 0 Å². The van der Waals surface area contributed by atoms with E-state index >= 15 is 0 Å². The van der Waals surface area contributed by atoms with Gasteiger partial charge in [0.15, 0.2) is 5.75 Å². The number of amides is 1. The molecule has 1 saturated heterocycles. The maximum absolute atomic E-state index is 12.2. The molecule has 1 fully saturated rings. The van der Waals surface area contributed by atoms with Crippen LogP contribution in [0.15, 0.2) is 22.8 Å². The van der Waals surface area contributed by atoms with Gasteiger partial charge in [0, 0.05) is 31.7 Å². The van der Waals surface area contributed by atoms with E-state index in [0.717, 1.165) is 55.6 Å². The number of hydrogen-bond acceptors (Lipinski definition) is 6. The van der Waals surface area contributed by atoms with Gasteiger partial charge in [-0.1, -0.05) is 0 Å². The lowest BCUT2D eigenvalue weighted by atomic mass is 10.0. The average molecular weight is 405 g/mol. The Morgan fingerprint density at radius 3 is 2.55 bits per heavy atom. The lowest BCUT2D eigenvalue weighted by molar-refractivity contribution is 0.0144. The van der Waals surface area contributed by atoms with Crippen molar-refractivity contribution in [2.75, 3.05) is 39.8 Å². The Morgan fingerprint density at radius 1 is 1.17 bits per heavy atom. The van der Waals surface area contributed by atoms with Gasteiger partial charge in [-0.25, -0.2) is 4.79 Å². The zero-order valence-corrected chi connectivity index (χ0v) is 17.9. The van der Waals surface area contributed by atoms with Crippen LogP contribution < -0.4 is 4.74 Å². The predicted octanol–water partition coefficient (Wildman–Crippen LogP) is 4.02. The normalized spacial score (nSPS) is 15.7. The molecule has 3 rings (SSSR count). The Kier molecular flexibility index (Phi) is 6.57. The Bertz CT molecular complexity index is 832. The Balaban J connectivity index is 1.45. The predicted molar refractivity (Wildman–Crippen MR) is 112 cm³/mol. The average Bonchev–Trinajstić information content (AvgIpc) is 3.05. The van der Waals surface area contributed by atoms with Crippen LogP contribution in [-0.4, -0.2) is 66.4 Å². The van der Waals surface area contributed by atoms with E-state index in [9.17, 15) is 9.90 Å². The summed E-state index contributed by atoms with van der Waals surface area (Å²) in [5.74, 6) is 0.949. The van der Waals surface area contributed by atoms with Crippen LogP contribution in [0.4, 0.5) is 4.79 Å². The van der Waals surface area contributed by atoms with Crippen LogP contribution in [0.5, 0.6) is 11.5 Å². The summed E-state index contributed by atoms with van der Waals surface area (Å²) in [7, 11) is 1.65. The standard InChI is InChI=1S/C22H32N2O5/c1-22(2,3)29-21(26)24-13-11-23(12-14-24)10-6-5-7-17-19(27-4)9-8-16-18(25)15-28-20(16)17/h8-9,15,25H,5-7,10-14H2,1-4H3. The van der Waals surface area contributed by atoms with Crippen LogP contribution in [-0.2, 0) is 11.2 Å². The number of carbonyl (C=O) groups is 1. The van der Waals surface area contributed by atoms with Gasteiger partial charge in [-0.05, 0) is 58.7 Å². The highest BCUT2D eigenvalue weighted by molar-refractivity contribution is 5.88. The van der Waals surface area contributed by atoms with Crippen molar-refractivity contribution >= 4 is 17.1 Å². The number of aryl methyl sites for hydroxylation is 1. The van der Waals surface area contributed by atoms with E-state index in [1.54, 1.807) is 12.0 Å². The monoisotopic (exact) mass is 404 g/mol. The molecule has 7 nitrogen and oxygen atoms in total. The molecule has 0 bridgehead atoms. The number of rotatable bonds is 6. The van der Waals surface area contributed by atoms with Crippen molar-refractivity contribution in [1.29, 1.82) is 0 Å². The Morgan fingerprint density at radius 2 is 1.90 bits per heavy atom. The number of benzene rings is 1. The first-order valence-corrected chi connectivity index (χ1v) is 10.2. The molecule has 1 amide bonds. The lowest BCUT2D eigenvalue weighted by Gasteiger charge is -2.35. The molecule has 0 radical (unpaired) electrons. The molecule has 0 aliphatic carbocycles. The zero-order chi connectivity index (χ0) is 21.0. The fourth-order valence-electron chi connectivity index (χ4n) is 3.67. The molecule has 0 spiro atoms. The number of ether oxygens (including phenoxy) is 2. The second-order valence-electron chi connectivity index (χ2n) is 8.51. The van der Waals surface area contributed by atoms with Gasteiger partial charge in [0.25, 0.3) is 0 Å². The second kappa shape index (κ2) is 8.95. The first kappa shape index (κ1) is 21.3. The fourth-order valence-corrected chi connectivity index (χ4v) is 3.67. The minimum absolute atomic E-state index is 0.159. The highest BCUT2D eigenvalue weighted by atomic mass is 16.6. The number of carbonyl (C=O) groups excluding carboxylic acids is 1. The summed E-state index contributed by atoms with van der Waals surface area (Å²) < 4.78 is 16.5. The van der Waals surface area contributed by atoms with Crippen LogP contribution in [0.2, 0.25) is 0 Å². The molecule has 1 aromatic carbocycles. The van der Waals surface area contributed by atoms with Crippen LogP contribution in [0, 0.1) is 0 Å². The summed E-state index contributed by atoms with van der Waals surface area (Å²) in [5, 5.41) is 10.6. The van der Waals surface area contributed by atoms with Crippen molar-refractivity contribution in [1.82, 2.24) is 9.80 Å². The first-order chi connectivity index (χ1) is 13.8. The third-order valence-electron chi connectivity index (χ3n) is 5.18. The van der Waals surface area contributed by atoms with E-state index in [2.05, 4.69) is 4.90 Å². The number of piperazine rings is 1. The zero-order valence-electron chi connectivity index (χ0n) is 17.9. The number of nitrogens with zero attached hydrogens (tertiary/aromatic N) is 2. The molecule has 1 aliphatic heterocycles. The Hall–Kier alpha value is -2.41. The molecule has 2 heterocycles. The van der Waals surface area contributed by atoms with Gasteiger partial charge in [-0.2, -0.15) is 0 Å². The molecule has 2 aromatic rings. The maximum atomic E-state index is 12.2. The molecule has 1 aliphatic rings. The SMILES string of the molecule is COc1ccc2c(O)coc2c1CCCCN1CCN(C(=O)OC(C)(C)C)CC1. The molecule has 0 atom stereocenters. The molecule has 1 N–H and O–H groups in total. The van der Waals surface area contributed by atoms with Crippen molar-refractivity contribution in [2.24, 2.45) is 0 Å². The van der Waals surface area contributed by atoms with Gasteiger partial charge in [-0.3, -0.25) is 4.90 Å². The third-order valence-corrected chi connectivity index (χ3v) is 5.18. The summed E-state index contributed by atoms with van der Waals surface area (Å²) in [6.07, 6.45) is 4.00. The van der Waals surface area contributed by atoms with Gasteiger partial charge >= 0.3 is 6.09 Å². The number of aromatic hydroxyl groups is 1. The molecule has 160 valence electrons. The van der Waals surface area contributed by atoms with Gasteiger partial charge in [0.05, 0.1) is 12.5 Å². The minimum Gasteiger partial charge on any atom is -0.504 e. The van der Waals surface area contributed by atoms with Crippen LogP contribution in [0.1, 0.15) is 39.2 Å². The van der Waals surface area contributed by atoms with E-state index in [-0.39, 0.29) is 11.8 Å². The smallest absolute Gasteiger partial charge is 0.410 e. The molecule has 0 saturated carbocycles. The minimum atomic E-state index is -0.455. The van der Waals surface area contributed by atoms with Gasteiger partial charge < -0.3 is 23.9 Å². The van der Waals surface area contributed by atoms with E-state index in [0.29, 0.717) is 18.7 Å². The van der Waals surface area contributed by atoms with Crippen molar-refractivity contribution in [3.8, 4) is 11.5 Å². The summed E-state index contributed by atoms with van der Waals surface area (Å²) in [4.78, 5) is 16.3. The number of hydrogen-bond donors (Lipinski definition) is 1. The molecule has 1 aromatic heterocycles. The first-order valence-electron chi connectivity index (χ1n) is 10.2. The van der Waals surface area contributed by atoms with E-state index in [1.165, 1.54) is 6.26 Å². The molecular formula is C22H32N2O5. The number of fused-ring (bicyclic) bond motifs is 1. The summed E-state index contributed by atoms with van der Waals surface area (Å²) >= 11 is 0. The number of furan rings is 1. The van der Waals surface area contributed by atoms with Crippen LogP contribution >= 0.6 is 0 Å². The Labute approximate surface area is 172 Å². The topological polar surface area (TPSA) is 75.4 Å². The molecule has 0 unspecified atom stereocenters. The fraction of sp³-hybridized carbons (Fsp3) is 0.591. The molecule has 29 heavy (non-hydrogen) atoms. The van der Waals surface area contributed by atoms with Crippen molar-refractivity contribution < 1.29 is 23.8 Å². The van der Waals surface area contributed by atoms with Crippen molar-refractivity contribution in [2.45, 2.75) is 45.6 Å². The summed E-state index contributed by atoms with van der Waals surface area (Å²) in [6, 6.07) is 3.70. The van der Waals surface area contributed by atoms with Crippen LogP contribution in [0.25, 0.3) is 11.0 Å². The molecular weight excluding hydrogens is 372 g/mol. The third kappa shape index (κ3) is 5.35. The summed E-state index contributed by atoms with van der Waals surface area (Å²) in [6.45, 7) is 9.79. The largest absolute Gasteiger partial charge is 0.504 e. The van der Waals surface area contributed by atoms with Gasteiger partial charge in [-0.15, -0.1) is 0 Å². The highest BCUT2D eigenvalue weighted by Gasteiger charge is 2.25. The number of methoxy groups -OCH3 is 1. The quantitative estimate of drug-likeness (QED) is 0.733. The van der Waals surface area contributed by atoms with E-state index in [4.69, 9.17) is 13.9 Å². The van der Waals surface area contributed by atoms with Crippen molar-refractivity contribution in [3.05, 3.63) is 24.0 Å². The lowest BCUT2D eigenvalue weighted by Crippen LogP contribution is -2.50. The van der Waals surface area contributed by atoms with Crippen molar-refractivity contribution in [3.63, 3.8) is 0 Å². The number of unbranched alkanes of at least 4 members (excludes halogenated alkanes) is 1. The molecule has 7 heteroatoms. The van der Waals surface area contributed by atoms with Gasteiger partial charge in [0.1, 0.15) is 23.2 Å². The van der Waals surface area contributed by atoms with E-state index in [1.807, 2.05) is 32.9 Å². The maximum Gasteiger partial charge on any atom is 0.410 e.